The van der Waals surface area contributed by atoms with Crippen molar-refractivity contribution in [3.8, 4) is 0 Å². The highest BCUT2D eigenvalue weighted by atomic mass is 16.6. The summed E-state index contributed by atoms with van der Waals surface area (Å²) in [6, 6.07) is 0. The van der Waals surface area contributed by atoms with Crippen molar-refractivity contribution in [2.75, 3.05) is 0 Å². The molecule has 38 valence electrons. The molecule has 0 N–H and O–H groups in total. The minimum Gasteiger partial charge on any atom is -0.390 e. The summed E-state index contributed by atoms with van der Waals surface area (Å²) >= 11 is 0. The zero-order valence-electron chi connectivity index (χ0n) is 3.29. The van der Waals surface area contributed by atoms with Gasteiger partial charge < -0.3 is 4.74 Å². The topological polar surface area (TPSA) is 60.4 Å². The Kier molecular flexibility index (Phi) is 2.50. The highest BCUT2D eigenvalue weighted by Gasteiger charge is 1.92. The normalized spacial score (nSPS) is 6.86. The molecular weight excluding hydrogens is 100 g/mol. The average molecular weight is 102 g/mol. The van der Waals surface area contributed by atoms with Crippen LogP contribution in [0.3, 0.4) is 0 Å². The lowest BCUT2D eigenvalue weighted by molar-refractivity contribution is -0.154. The van der Waals surface area contributed by atoms with Gasteiger partial charge in [0.2, 0.25) is 6.29 Å². The maximum Gasteiger partial charge on any atom is 0.378 e. The molecule has 0 aliphatic rings. The number of esters is 1. The van der Waals surface area contributed by atoms with Gasteiger partial charge in [-0.05, 0) is 0 Å². The van der Waals surface area contributed by atoms with E-state index in [1.165, 1.54) is 0 Å². The summed E-state index contributed by atoms with van der Waals surface area (Å²) in [5.41, 5.74) is 0. The van der Waals surface area contributed by atoms with Gasteiger partial charge in [0.05, 0.1) is 0 Å². The predicted octanol–water partition coefficient (Wildman–Crippen LogP) is -1.12. The van der Waals surface area contributed by atoms with Crippen molar-refractivity contribution in [1.82, 2.24) is 0 Å². The number of rotatable bonds is 2. The lowest BCUT2D eigenvalue weighted by Crippen LogP contribution is -2.02. The summed E-state index contributed by atoms with van der Waals surface area (Å²) in [6.45, 7) is -0.100. The Balaban J connectivity index is 3.36. The SMILES string of the molecule is O=COC(=O)C=O. The second-order valence-corrected chi connectivity index (χ2v) is 0.651. The van der Waals surface area contributed by atoms with Crippen LogP contribution in [0.25, 0.3) is 0 Å². The van der Waals surface area contributed by atoms with Gasteiger partial charge in [-0.3, -0.25) is 9.59 Å². The summed E-state index contributed by atoms with van der Waals surface area (Å²) < 4.78 is 3.50. The van der Waals surface area contributed by atoms with E-state index in [2.05, 4.69) is 4.74 Å². The fourth-order valence-corrected chi connectivity index (χ4v) is 0.0752. The minimum absolute atomic E-state index is 0.0889. The van der Waals surface area contributed by atoms with Crippen LogP contribution in [0.4, 0.5) is 0 Å². The Bertz CT molecular complexity index is 95.1. The molecule has 0 aliphatic carbocycles. The molecular formula is C3H2O4. The van der Waals surface area contributed by atoms with Crippen molar-refractivity contribution >= 4 is 18.7 Å². The van der Waals surface area contributed by atoms with Gasteiger partial charge in [-0.2, -0.15) is 0 Å². The van der Waals surface area contributed by atoms with E-state index in [1.54, 1.807) is 0 Å². The standard InChI is InChI=1S/C3H2O4/c4-1-3(6)7-2-5/h1-2H. The van der Waals surface area contributed by atoms with Crippen LogP contribution in [-0.2, 0) is 19.1 Å². The third-order valence-electron chi connectivity index (χ3n) is 0.260. The number of ether oxygens (including phenoxy) is 1. The third kappa shape index (κ3) is 2.62. The van der Waals surface area contributed by atoms with Crippen LogP contribution < -0.4 is 0 Å². The van der Waals surface area contributed by atoms with Gasteiger partial charge in [0.25, 0.3) is 0 Å². The lowest BCUT2D eigenvalue weighted by atomic mass is 10.8. The van der Waals surface area contributed by atoms with Crippen LogP contribution in [-0.4, -0.2) is 18.7 Å². The maximum atomic E-state index is 9.59. The summed E-state index contributed by atoms with van der Waals surface area (Å²) in [5.74, 6) is -1.17. The maximum absolute atomic E-state index is 9.59. The molecule has 0 rings (SSSR count). The van der Waals surface area contributed by atoms with Crippen molar-refractivity contribution < 1.29 is 19.1 Å². The molecule has 0 bridgehead atoms. The Morgan fingerprint density at radius 1 is 1.43 bits per heavy atom. The van der Waals surface area contributed by atoms with E-state index in [0.717, 1.165) is 0 Å². The van der Waals surface area contributed by atoms with Crippen LogP contribution in [0.5, 0.6) is 0 Å². The first-order valence-electron chi connectivity index (χ1n) is 1.40. The number of carbonyl (C=O) groups is 3. The molecule has 0 aliphatic heterocycles. The number of hydrogen-bond acceptors (Lipinski definition) is 4. The fourth-order valence-electron chi connectivity index (χ4n) is 0.0752. The van der Waals surface area contributed by atoms with E-state index >= 15 is 0 Å². The van der Waals surface area contributed by atoms with Gasteiger partial charge in [-0.1, -0.05) is 0 Å². The largest absolute Gasteiger partial charge is 0.390 e. The van der Waals surface area contributed by atoms with Crippen LogP contribution in [0.15, 0.2) is 0 Å². The molecule has 0 aromatic rings. The smallest absolute Gasteiger partial charge is 0.378 e. The van der Waals surface area contributed by atoms with E-state index in [-0.39, 0.29) is 12.8 Å². The lowest BCUT2D eigenvalue weighted by Gasteiger charge is -1.78. The van der Waals surface area contributed by atoms with Crippen molar-refractivity contribution in [3.05, 3.63) is 0 Å². The van der Waals surface area contributed by atoms with Gasteiger partial charge in [0, 0.05) is 0 Å². The van der Waals surface area contributed by atoms with E-state index in [9.17, 15) is 14.4 Å². The van der Waals surface area contributed by atoms with Crippen LogP contribution in [0.2, 0.25) is 0 Å². The minimum atomic E-state index is -1.17. The second kappa shape index (κ2) is 3.02. The Hall–Kier alpha value is -1.19. The van der Waals surface area contributed by atoms with E-state index in [1.807, 2.05) is 0 Å². The van der Waals surface area contributed by atoms with Crippen LogP contribution >= 0.6 is 0 Å². The van der Waals surface area contributed by atoms with Crippen molar-refractivity contribution in [2.45, 2.75) is 0 Å². The third-order valence-corrected chi connectivity index (χ3v) is 0.260. The molecule has 0 aromatic carbocycles. The molecule has 0 saturated heterocycles. The average Bonchev–Trinajstić information content (AvgIpc) is 1.68. The molecule has 0 heterocycles. The van der Waals surface area contributed by atoms with Gasteiger partial charge in [0.15, 0.2) is 0 Å². The molecule has 0 aromatic heterocycles. The summed E-state index contributed by atoms with van der Waals surface area (Å²) in [5, 5.41) is 0. The van der Waals surface area contributed by atoms with Gasteiger partial charge in [-0.15, -0.1) is 0 Å². The van der Waals surface area contributed by atoms with Crippen molar-refractivity contribution in [3.63, 3.8) is 0 Å². The Labute approximate surface area is 39.1 Å². The second-order valence-electron chi connectivity index (χ2n) is 0.651. The molecule has 0 spiro atoms. The van der Waals surface area contributed by atoms with Gasteiger partial charge in [-0.25, -0.2) is 4.79 Å². The fraction of sp³-hybridized carbons (Fsp3) is 0. The summed E-state index contributed by atoms with van der Waals surface area (Å²) in [4.78, 5) is 28.0. The molecule has 7 heavy (non-hydrogen) atoms. The summed E-state index contributed by atoms with van der Waals surface area (Å²) in [7, 11) is 0. The highest BCUT2D eigenvalue weighted by molar-refractivity contribution is 6.21. The molecule has 0 unspecified atom stereocenters. The predicted molar refractivity (Wildman–Crippen MR) is 18.2 cm³/mol. The quantitative estimate of drug-likeness (QED) is 0.192. The Morgan fingerprint density at radius 2 is 2.00 bits per heavy atom. The van der Waals surface area contributed by atoms with E-state index in [0.29, 0.717) is 0 Å². The molecule has 0 amide bonds. The zero-order chi connectivity index (χ0) is 5.70. The van der Waals surface area contributed by atoms with Gasteiger partial charge in [0.1, 0.15) is 0 Å². The van der Waals surface area contributed by atoms with Crippen LogP contribution in [0.1, 0.15) is 0 Å². The zero-order valence-corrected chi connectivity index (χ0v) is 3.29. The van der Waals surface area contributed by atoms with Gasteiger partial charge >= 0.3 is 12.4 Å². The number of hydrogen-bond donors (Lipinski definition) is 0. The van der Waals surface area contributed by atoms with Crippen molar-refractivity contribution in [2.24, 2.45) is 0 Å². The van der Waals surface area contributed by atoms with E-state index < -0.39 is 5.97 Å². The molecule has 0 radical (unpaired) electrons. The monoisotopic (exact) mass is 102 g/mol. The molecule has 4 heteroatoms. The molecule has 0 saturated carbocycles. The van der Waals surface area contributed by atoms with E-state index in [4.69, 9.17) is 0 Å². The van der Waals surface area contributed by atoms with Crippen LogP contribution in [0, 0.1) is 0 Å². The molecule has 4 nitrogen and oxygen atoms in total. The highest BCUT2D eigenvalue weighted by Crippen LogP contribution is 1.60. The van der Waals surface area contributed by atoms with Crippen molar-refractivity contribution in [1.29, 1.82) is 0 Å². The first kappa shape index (κ1) is 5.81. The molecule has 0 fully saturated rings. The first-order valence-corrected chi connectivity index (χ1v) is 1.40. The Morgan fingerprint density at radius 3 is 2.14 bits per heavy atom. The first-order chi connectivity index (χ1) is 3.31. The summed E-state index contributed by atoms with van der Waals surface area (Å²) in [6.07, 6.45) is -0.0889. The number of carbonyl (C=O) groups excluding carboxylic acids is 3. The molecule has 0 atom stereocenters. The number of aldehydes is 1.